The third-order valence-corrected chi connectivity index (χ3v) is 3.54. The molecule has 0 radical (unpaired) electrons. The van der Waals surface area contributed by atoms with E-state index in [0.717, 1.165) is 5.92 Å². The van der Waals surface area contributed by atoms with Crippen LogP contribution in [0.25, 0.3) is 0 Å². The molecular weight excluding hydrogens is 168 g/mol. The van der Waals surface area contributed by atoms with Crippen LogP contribution in [0.4, 0.5) is 0 Å². The molecule has 86 valence electrons. The van der Waals surface area contributed by atoms with Crippen molar-refractivity contribution >= 4 is 0 Å². The number of rotatable bonds is 8. The Bertz CT molecular complexity index is 124. The van der Waals surface area contributed by atoms with E-state index in [1.165, 1.54) is 44.9 Å². The van der Waals surface area contributed by atoms with Gasteiger partial charge in [-0.25, -0.2) is 0 Å². The quantitative estimate of drug-likeness (QED) is 0.457. The first-order chi connectivity index (χ1) is 6.52. The molecule has 0 aliphatic rings. The first-order valence-corrected chi connectivity index (χ1v) is 6.52. The normalized spacial score (nSPS) is 14.4. The van der Waals surface area contributed by atoms with Gasteiger partial charge in [0.1, 0.15) is 0 Å². The van der Waals surface area contributed by atoms with E-state index < -0.39 is 0 Å². The van der Waals surface area contributed by atoms with Gasteiger partial charge in [0, 0.05) is 0 Å². The van der Waals surface area contributed by atoms with Crippen molar-refractivity contribution in [1.29, 1.82) is 0 Å². The van der Waals surface area contributed by atoms with Crippen molar-refractivity contribution in [3.05, 3.63) is 0 Å². The highest BCUT2D eigenvalue weighted by atomic mass is 14.2. The minimum Gasteiger partial charge on any atom is -0.0654 e. The lowest BCUT2D eigenvalue weighted by Crippen LogP contribution is -2.09. The van der Waals surface area contributed by atoms with Crippen LogP contribution in [0.1, 0.15) is 79.6 Å². The molecule has 0 aromatic rings. The highest BCUT2D eigenvalue weighted by molar-refractivity contribution is 4.66. The van der Waals surface area contributed by atoms with Crippen molar-refractivity contribution in [2.45, 2.75) is 79.6 Å². The summed E-state index contributed by atoms with van der Waals surface area (Å²) in [6.45, 7) is 11.8. The Morgan fingerprint density at radius 2 is 1.64 bits per heavy atom. The highest BCUT2D eigenvalue weighted by Crippen LogP contribution is 2.27. The lowest BCUT2D eigenvalue weighted by Gasteiger charge is -2.22. The largest absolute Gasteiger partial charge is 0.0654 e. The van der Waals surface area contributed by atoms with Gasteiger partial charge in [-0.1, -0.05) is 73.1 Å². The highest BCUT2D eigenvalue weighted by Gasteiger charge is 2.13. The minimum absolute atomic E-state index is 0.577. The van der Waals surface area contributed by atoms with E-state index in [4.69, 9.17) is 0 Å². The zero-order valence-corrected chi connectivity index (χ0v) is 11.0. The van der Waals surface area contributed by atoms with Crippen LogP contribution >= 0.6 is 0 Å². The Hall–Kier alpha value is 0. The van der Waals surface area contributed by atoms with Crippen LogP contribution < -0.4 is 0 Å². The standard InChI is InChI=1S/C14H30/c1-6-10-13(3)11-8-9-12-14(4,5)7-2/h13H,6-12H2,1-5H3. The predicted molar refractivity (Wildman–Crippen MR) is 66.6 cm³/mol. The molecule has 14 heavy (non-hydrogen) atoms. The Balaban J connectivity index is 3.37. The summed E-state index contributed by atoms with van der Waals surface area (Å²) < 4.78 is 0. The Morgan fingerprint density at radius 3 is 2.14 bits per heavy atom. The molecule has 1 atom stereocenters. The molecule has 0 spiro atoms. The summed E-state index contributed by atoms with van der Waals surface area (Å²) in [6.07, 6.45) is 9.78. The zero-order valence-electron chi connectivity index (χ0n) is 11.0. The Labute approximate surface area is 91.5 Å². The van der Waals surface area contributed by atoms with Gasteiger partial charge in [0.15, 0.2) is 0 Å². The van der Waals surface area contributed by atoms with E-state index >= 15 is 0 Å². The molecule has 1 unspecified atom stereocenters. The van der Waals surface area contributed by atoms with Crippen LogP contribution in [-0.2, 0) is 0 Å². The second-order valence-electron chi connectivity index (χ2n) is 5.66. The maximum absolute atomic E-state index is 2.40. The molecule has 0 aromatic heterocycles. The second-order valence-corrected chi connectivity index (χ2v) is 5.66. The number of hydrogen-bond acceptors (Lipinski definition) is 0. The van der Waals surface area contributed by atoms with Gasteiger partial charge < -0.3 is 0 Å². The van der Waals surface area contributed by atoms with Gasteiger partial charge in [0.05, 0.1) is 0 Å². The van der Waals surface area contributed by atoms with Gasteiger partial charge in [0.25, 0.3) is 0 Å². The van der Waals surface area contributed by atoms with Gasteiger partial charge in [0.2, 0.25) is 0 Å². The molecule has 0 rings (SSSR count). The molecule has 0 fully saturated rings. The summed E-state index contributed by atoms with van der Waals surface area (Å²) in [5.41, 5.74) is 0.577. The molecule has 0 aliphatic heterocycles. The molecule has 0 aliphatic carbocycles. The van der Waals surface area contributed by atoms with Crippen LogP contribution in [0.3, 0.4) is 0 Å². The van der Waals surface area contributed by atoms with Crippen molar-refractivity contribution in [3.8, 4) is 0 Å². The van der Waals surface area contributed by atoms with Gasteiger partial charge in [-0.05, 0) is 17.8 Å². The fraction of sp³-hybridized carbons (Fsp3) is 1.00. The zero-order chi connectivity index (χ0) is 11.0. The molecule has 0 nitrogen and oxygen atoms in total. The van der Waals surface area contributed by atoms with Crippen molar-refractivity contribution in [2.24, 2.45) is 11.3 Å². The van der Waals surface area contributed by atoms with E-state index in [-0.39, 0.29) is 0 Å². The molecule has 0 amide bonds. The van der Waals surface area contributed by atoms with Crippen molar-refractivity contribution in [2.75, 3.05) is 0 Å². The Kier molecular flexibility index (Phi) is 7.31. The topological polar surface area (TPSA) is 0 Å². The SMILES string of the molecule is CCCC(C)CCCCC(C)(C)CC. The van der Waals surface area contributed by atoms with E-state index in [1.807, 2.05) is 0 Å². The van der Waals surface area contributed by atoms with Crippen LogP contribution in [0.2, 0.25) is 0 Å². The third-order valence-electron chi connectivity index (χ3n) is 3.54. The molecular formula is C14H30. The third kappa shape index (κ3) is 7.41. The maximum atomic E-state index is 2.40. The first kappa shape index (κ1) is 14.0. The van der Waals surface area contributed by atoms with Gasteiger partial charge >= 0.3 is 0 Å². The summed E-state index contributed by atoms with van der Waals surface area (Å²) in [6, 6.07) is 0. The molecule has 0 N–H and O–H groups in total. The molecule has 0 saturated carbocycles. The second kappa shape index (κ2) is 7.31. The first-order valence-electron chi connectivity index (χ1n) is 6.52. The molecule has 0 heterocycles. The van der Waals surface area contributed by atoms with Crippen molar-refractivity contribution in [3.63, 3.8) is 0 Å². The minimum atomic E-state index is 0.577. The average molecular weight is 198 g/mol. The van der Waals surface area contributed by atoms with E-state index in [0.29, 0.717) is 5.41 Å². The van der Waals surface area contributed by atoms with Gasteiger partial charge in [-0.3, -0.25) is 0 Å². The molecule has 0 aromatic carbocycles. The van der Waals surface area contributed by atoms with Crippen LogP contribution in [0.5, 0.6) is 0 Å². The van der Waals surface area contributed by atoms with Crippen LogP contribution in [0.15, 0.2) is 0 Å². The van der Waals surface area contributed by atoms with E-state index in [1.54, 1.807) is 0 Å². The summed E-state index contributed by atoms with van der Waals surface area (Å²) >= 11 is 0. The fourth-order valence-corrected chi connectivity index (χ4v) is 1.91. The van der Waals surface area contributed by atoms with Crippen LogP contribution in [0, 0.1) is 11.3 Å². The molecule has 0 heteroatoms. The van der Waals surface area contributed by atoms with Crippen LogP contribution in [-0.4, -0.2) is 0 Å². The lowest BCUT2D eigenvalue weighted by molar-refractivity contribution is 0.302. The van der Waals surface area contributed by atoms with Crippen molar-refractivity contribution in [1.82, 2.24) is 0 Å². The van der Waals surface area contributed by atoms with Gasteiger partial charge in [-0.2, -0.15) is 0 Å². The predicted octanol–water partition coefficient (Wildman–Crippen LogP) is 5.42. The monoisotopic (exact) mass is 198 g/mol. The number of unbranched alkanes of at least 4 members (excludes halogenated alkanes) is 1. The summed E-state index contributed by atoms with van der Waals surface area (Å²) in [5, 5.41) is 0. The lowest BCUT2D eigenvalue weighted by atomic mass is 9.84. The Morgan fingerprint density at radius 1 is 1.00 bits per heavy atom. The summed E-state index contributed by atoms with van der Waals surface area (Å²) in [7, 11) is 0. The average Bonchev–Trinajstić information content (AvgIpc) is 2.13. The molecule has 0 saturated heterocycles. The van der Waals surface area contributed by atoms with E-state index in [2.05, 4.69) is 34.6 Å². The maximum Gasteiger partial charge on any atom is -0.0357 e. The van der Waals surface area contributed by atoms with E-state index in [9.17, 15) is 0 Å². The molecule has 0 bridgehead atoms. The van der Waals surface area contributed by atoms with Gasteiger partial charge in [-0.15, -0.1) is 0 Å². The van der Waals surface area contributed by atoms with Crippen molar-refractivity contribution < 1.29 is 0 Å². The summed E-state index contributed by atoms with van der Waals surface area (Å²) in [5.74, 6) is 0.949. The fourth-order valence-electron chi connectivity index (χ4n) is 1.91. The smallest absolute Gasteiger partial charge is 0.0357 e. The summed E-state index contributed by atoms with van der Waals surface area (Å²) in [4.78, 5) is 0. The number of hydrogen-bond donors (Lipinski definition) is 0.